The van der Waals surface area contributed by atoms with E-state index in [2.05, 4.69) is 43.3 Å². The van der Waals surface area contributed by atoms with Gasteiger partial charge in [0, 0.05) is 18.7 Å². The number of thiol groups is 1. The first-order valence-electron chi connectivity index (χ1n) is 10.3. The van der Waals surface area contributed by atoms with Crippen LogP contribution in [0.1, 0.15) is 11.1 Å². The first kappa shape index (κ1) is 22.4. The molecular formula is C25H24N4O3S. The third-order valence-electron chi connectivity index (χ3n) is 5.78. The van der Waals surface area contributed by atoms with Crippen molar-refractivity contribution in [1.82, 2.24) is 14.2 Å². The van der Waals surface area contributed by atoms with Gasteiger partial charge in [-0.3, -0.25) is 9.36 Å². The molecular weight excluding hydrogens is 436 g/mol. The average Bonchev–Trinajstić information content (AvgIpc) is 3.25. The molecule has 5 aromatic rings. The molecule has 7 nitrogen and oxygen atoms in total. The highest BCUT2D eigenvalue weighted by Gasteiger charge is 2.14. The molecule has 0 saturated heterocycles. The van der Waals surface area contributed by atoms with Crippen LogP contribution in [-0.2, 0) is 17.9 Å². The Kier molecular flexibility index (Phi) is 6.13. The lowest BCUT2D eigenvalue weighted by Gasteiger charge is -2.11. The summed E-state index contributed by atoms with van der Waals surface area (Å²) >= 11 is 0. The Bertz CT molecular complexity index is 1610. The highest BCUT2D eigenvalue weighted by molar-refractivity contribution is 7.69. The molecule has 0 saturated carbocycles. The van der Waals surface area contributed by atoms with Crippen LogP contribution < -0.4 is 10.7 Å². The van der Waals surface area contributed by atoms with Crippen molar-refractivity contribution in [2.45, 2.75) is 13.8 Å². The van der Waals surface area contributed by atoms with Gasteiger partial charge < -0.3 is 0 Å². The molecule has 0 fully saturated rings. The van der Waals surface area contributed by atoms with E-state index in [9.17, 15) is 4.79 Å². The Morgan fingerprint density at radius 3 is 2.27 bits per heavy atom. The smallest absolute Gasteiger partial charge is 0.261 e. The van der Waals surface area contributed by atoms with Gasteiger partial charge in [-0.05, 0) is 48.2 Å². The summed E-state index contributed by atoms with van der Waals surface area (Å²) < 4.78 is 21.2. The number of rotatable bonds is 2. The molecule has 2 heterocycles. The molecule has 0 aliphatic heterocycles. The number of hydrogen-bond acceptors (Lipinski definition) is 4. The van der Waals surface area contributed by atoms with Crippen molar-refractivity contribution in [2.75, 3.05) is 0 Å². The predicted molar refractivity (Wildman–Crippen MR) is 133 cm³/mol. The fourth-order valence-electron chi connectivity index (χ4n) is 3.94. The van der Waals surface area contributed by atoms with Gasteiger partial charge in [0.15, 0.2) is 10.9 Å². The molecule has 0 spiro atoms. The Labute approximate surface area is 192 Å². The minimum atomic E-state index is -2.62. The number of aromatic nitrogens is 3. The summed E-state index contributed by atoms with van der Waals surface area (Å²) in [7, 11) is -0.823. The molecule has 0 atom stereocenters. The van der Waals surface area contributed by atoms with Crippen molar-refractivity contribution in [3.8, 4) is 22.4 Å². The molecule has 2 aromatic heterocycles. The van der Waals surface area contributed by atoms with E-state index in [1.165, 1.54) is 16.7 Å². The van der Waals surface area contributed by atoms with Crippen LogP contribution in [0.2, 0.25) is 0 Å². The molecule has 2 N–H and O–H groups in total. The molecule has 5 rings (SSSR count). The summed E-state index contributed by atoms with van der Waals surface area (Å²) in [5.41, 5.74) is 8.23. The summed E-state index contributed by atoms with van der Waals surface area (Å²) in [6.07, 6.45) is 0. The largest absolute Gasteiger partial charge is 0.296 e. The average molecular weight is 461 g/mol. The van der Waals surface area contributed by atoms with Crippen LogP contribution in [0.4, 0.5) is 0 Å². The Balaban J connectivity index is 0.000000601. The monoisotopic (exact) mass is 460 g/mol. The topological polar surface area (TPSA) is 99.5 Å². The molecule has 0 radical (unpaired) electrons. The Hall–Kier alpha value is -3.75. The van der Waals surface area contributed by atoms with E-state index in [1.54, 1.807) is 11.6 Å². The molecule has 33 heavy (non-hydrogen) atoms. The van der Waals surface area contributed by atoms with E-state index in [4.69, 9.17) is 13.5 Å². The molecule has 0 aliphatic rings. The zero-order chi connectivity index (χ0) is 23.7. The van der Waals surface area contributed by atoms with Crippen LogP contribution in [0, 0.1) is 13.8 Å². The molecule has 3 aromatic carbocycles. The number of nitrogens with zero attached hydrogens (tertiary/aromatic N) is 3. The van der Waals surface area contributed by atoms with Gasteiger partial charge in [-0.15, -0.1) is 0 Å². The molecule has 8 heteroatoms. The minimum absolute atomic E-state index is 0.0143. The molecule has 0 aliphatic carbocycles. The van der Waals surface area contributed by atoms with Crippen LogP contribution in [0.5, 0.6) is 0 Å². The van der Waals surface area contributed by atoms with Crippen LogP contribution >= 0.6 is 0 Å². The predicted octanol–water partition coefficient (Wildman–Crippen LogP) is 3.61. The lowest BCUT2D eigenvalue weighted by molar-refractivity contribution is 0.616. The molecule has 0 unspecified atom stereocenters. The number of nitrogens with two attached hydrogens (primary N) is 1. The second kappa shape index (κ2) is 9.01. The Morgan fingerprint density at radius 2 is 1.58 bits per heavy atom. The van der Waals surface area contributed by atoms with Crippen molar-refractivity contribution in [2.24, 2.45) is 12.2 Å². The minimum Gasteiger partial charge on any atom is -0.296 e. The first-order valence-corrected chi connectivity index (χ1v) is 11.6. The van der Waals surface area contributed by atoms with E-state index in [-0.39, 0.29) is 5.56 Å². The van der Waals surface area contributed by atoms with Crippen LogP contribution in [0.15, 0.2) is 77.6 Å². The standard InChI is InChI=1S/C25H21N3O.H3NO2S/c1-16-8-7-11-20(17(16)2)19-12-13-21-23(14-19)28-24(27(3)25(21)29)15-22(26-28)18-9-5-4-6-10-18;1-4(2)3/h4-15H,1-3H3;4H,(H2,1,2,3). The van der Waals surface area contributed by atoms with Gasteiger partial charge in [0.25, 0.3) is 5.56 Å². The lowest BCUT2D eigenvalue weighted by atomic mass is 9.96. The number of aryl methyl sites for hydroxylation is 2. The summed E-state index contributed by atoms with van der Waals surface area (Å²) in [5, 5.41) is 9.57. The number of fused-ring (bicyclic) bond motifs is 3. The van der Waals surface area contributed by atoms with Crippen molar-refractivity contribution in [1.29, 1.82) is 0 Å². The van der Waals surface area contributed by atoms with Gasteiger partial charge in [-0.25, -0.2) is 18.1 Å². The van der Waals surface area contributed by atoms with Crippen LogP contribution in [0.3, 0.4) is 0 Å². The number of hydrogen-bond donors (Lipinski definition) is 2. The first-order chi connectivity index (χ1) is 15.8. The molecule has 0 amide bonds. The van der Waals surface area contributed by atoms with E-state index >= 15 is 0 Å². The number of benzene rings is 3. The fourth-order valence-corrected chi connectivity index (χ4v) is 3.94. The third kappa shape index (κ3) is 4.30. The zero-order valence-electron chi connectivity index (χ0n) is 18.5. The van der Waals surface area contributed by atoms with Crippen LogP contribution in [0.25, 0.3) is 38.9 Å². The van der Waals surface area contributed by atoms with E-state index in [0.29, 0.717) is 5.39 Å². The van der Waals surface area contributed by atoms with Crippen molar-refractivity contribution < 1.29 is 8.42 Å². The molecule has 168 valence electrons. The highest BCUT2D eigenvalue weighted by Crippen LogP contribution is 2.29. The van der Waals surface area contributed by atoms with Gasteiger partial charge >= 0.3 is 0 Å². The van der Waals surface area contributed by atoms with E-state index in [0.717, 1.165) is 28.0 Å². The van der Waals surface area contributed by atoms with Crippen molar-refractivity contribution >= 4 is 27.4 Å². The van der Waals surface area contributed by atoms with Gasteiger partial charge in [0.1, 0.15) is 5.65 Å². The van der Waals surface area contributed by atoms with Crippen LogP contribution in [-0.4, -0.2) is 22.6 Å². The van der Waals surface area contributed by atoms with Gasteiger partial charge in [0.2, 0.25) is 0 Å². The van der Waals surface area contributed by atoms with Crippen molar-refractivity contribution in [3.05, 3.63) is 94.3 Å². The summed E-state index contributed by atoms with van der Waals surface area (Å²) in [4.78, 5) is 13.0. The summed E-state index contributed by atoms with van der Waals surface area (Å²) in [6, 6.07) is 24.3. The SMILES string of the molecule is Cc1cccc(-c2ccc3c(=O)n(C)c4cc(-c5ccccc5)nn4c3c2)c1C.N[SH](=O)=O. The summed E-state index contributed by atoms with van der Waals surface area (Å²) in [5.74, 6) is 0. The van der Waals surface area contributed by atoms with E-state index in [1.807, 2.05) is 53.0 Å². The van der Waals surface area contributed by atoms with Gasteiger partial charge in [-0.1, -0.05) is 54.6 Å². The Morgan fingerprint density at radius 1 is 0.879 bits per heavy atom. The quantitative estimate of drug-likeness (QED) is 0.393. The van der Waals surface area contributed by atoms with Gasteiger partial charge in [0.05, 0.1) is 16.6 Å². The van der Waals surface area contributed by atoms with Crippen molar-refractivity contribution in [3.63, 3.8) is 0 Å². The highest BCUT2D eigenvalue weighted by atomic mass is 32.2. The summed E-state index contributed by atoms with van der Waals surface area (Å²) in [6.45, 7) is 4.25. The third-order valence-corrected chi connectivity index (χ3v) is 5.78. The second-order valence-corrected chi connectivity index (χ2v) is 8.37. The maximum Gasteiger partial charge on any atom is 0.261 e. The lowest BCUT2D eigenvalue weighted by Crippen LogP contribution is -2.19. The zero-order valence-corrected chi connectivity index (χ0v) is 19.4. The van der Waals surface area contributed by atoms with E-state index < -0.39 is 10.9 Å². The maximum absolute atomic E-state index is 13.0. The second-order valence-electron chi connectivity index (χ2n) is 7.79. The fraction of sp³-hybridized carbons (Fsp3) is 0.120. The van der Waals surface area contributed by atoms with Gasteiger partial charge in [-0.2, -0.15) is 5.10 Å². The normalized spacial score (nSPS) is 11.1. The molecule has 0 bridgehead atoms. The maximum atomic E-state index is 13.0.